The summed E-state index contributed by atoms with van der Waals surface area (Å²) < 4.78 is 5.08. The molecule has 0 amide bonds. The second-order valence-corrected chi connectivity index (χ2v) is 3.25. The van der Waals surface area contributed by atoms with Gasteiger partial charge in [0.05, 0.1) is 16.9 Å². The van der Waals surface area contributed by atoms with Crippen molar-refractivity contribution in [3.63, 3.8) is 0 Å². The molecule has 1 heterocycles. The van der Waals surface area contributed by atoms with Crippen LogP contribution in [0.3, 0.4) is 0 Å². The van der Waals surface area contributed by atoms with Crippen LogP contribution in [-0.2, 0) is 6.54 Å². The van der Waals surface area contributed by atoms with E-state index in [4.69, 9.17) is 4.42 Å². The molecule has 1 aromatic heterocycles. The highest BCUT2D eigenvalue weighted by Gasteiger charge is 2.02. The first kappa shape index (κ1) is 11.0. The molecule has 0 saturated carbocycles. The van der Waals surface area contributed by atoms with Gasteiger partial charge in [0.2, 0.25) is 0 Å². The highest BCUT2D eigenvalue weighted by molar-refractivity contribution is 5.43. The van der Waals surface area contributed by atoms with Crippen LogP contribution in [0.4, 0.5) is 11.4 Å². The van der Waals surface area contributed by atoms with Crippen LogP contribution in [0.15, 0.2) is 57.3 Å². The van der Waals surface area contributed by atoms with E-state index >= 15 is 0 Å². The summed E-state index contributed by atoms with van der Waals surface area (Å²) in [7, 11) is 0. The summed E-state index contributed by atoms with van der Waals surface area (Å²) in [6, 6.07) is 9.45. The van der Waals surface area contributed by atoms with Gasteiger partial charge in [0, 0.05) is 12.1 Å². The Morgan fingerprint density at radius 3 is 2.59 bits per heavy atom. The molecule has 1 aromatic carbocycles. The molecule has 2 rings (SSSR count). The third kappa shape index (κ3) is 2.97. The first-order chi connectivity index (χ1) is 8.25. The van der Waals surface area contributed by atoms with Gasteiger partial charge in [-0.05, 0) is 24.3 Å². The van der Waals surface area contributed by atoms with Gasteiger partial charge in [-0.1, -0.05) is 0 Å². The molecule has 0 bridgehead atoms. The van der Waals surface area contributed by atoms with Crippen LogP contribution < -0.4 is 0 Å². The fraction of sp³-hybridized carbons (Fsp3) is 0.0909. The molecule has 0 spiro atoms. The first-order valence-corrected chi connectivity index (χ1v) is 4.90. The number of benzene rings is 1. The second-order valence-electron chi connectivity index (χ2n) is 3.25. The van der Waals surface area contributed by atoms with E-state index < -0.39 is 4.92 Å². The fourth-order valence-corrected chi connectivity index (χ4v) is 1.23. The number of hydrogen-bond acceptors (Lipinski definition) is 5. The number of azo groups is 1. The van der Waals surface area contributed by atoms with Crippen molar-refractivity contribution in [3.05, 3.63) is 58.5 Å². The molecule has 0 aliphatic carbocycles. The lowest BCUT2D eigenvalue weighted by Crippen LogP contribution is -1.85. The van der Waals surface area contributed by atoms with Crippen molar-refractivity contribution in [2.24, 2.45) is 10.2 Å². The topological polar surface area (TPSA) is 81.0 Å². The Morgan fingerprint density at radius 1 is 1.24 bits per heavy atom. The second kappa shape index (κ2) is 5.02. The molecule has 0 saturated heterocycles. The summed E-state index contributed by atoms with van der Waals surface area (Å²) in [4.78, 5) is 9.97. The molecule has 0 radical (unpaired) electrons. The lowest BCUT2D eigenvalue weighted by atomic mass is 10.3. The van der Waals surface area contributed by atoms with Crippen LogP contribution in [-0.4, -0.2) is 4.92 Å². The number of nitro groups is 1. The molecular weight excluding hydrogens is 222 g/mol. The van der Waals surface area contributed by atoms with Crippen molar-refractivity contribution in [2.45, 2.75) is 6.54 Å². The Balaban J connectivity index is 1.99. The Morgan fingerprint density at radius 2 is 2.00 bits per heavy atom. The first-order valence-electron chi connectivity index (χ1n) is 4.90. The Labute approximate surface area is 96.7 Å². The van der Waals surface area contributed by atoms with Crippen LogP contribution in [0, 0.1) is 10.1 Å². The van der Waals surface area contributed by atoms with Crippen molar-refractivity contribution in [1.82, 2.24) is 0 Å². The zero-order chi connectivity index (χ0) is 12.1. The standard InChI is InChI=1S/C11H9N3O3/c15-14(16)10-5-3-9(4-6-10)13-12-8-11-2-1-7-17-11/h1-7H,8H2. The third-order valence-electron chi connectivity index (χ3n) is 2.05. The van der Waals surface area contributed by atoms with Gasteiger partial charge >= 0.3 is 0 Å². The number of nitro benzene ring substituents is 1. The SMILES string of the molecule is O=[N+]([O-])c1ccc(N=NCc2ccco2)cc1. The van der Waals surface area contributed by atoms with Crippen molar-refractivity contribution in [1.29, 1.82) is 0 Å². The van der Waals surface area contributed by atoms with Gasteiger partial charge in [-0.2, -0.15) is 10.2 Å². The number of non-ortho nitro benzene ring substituents is 1. The highest BCUT2D eigenvalue weighted by atomic mass is 16.6. The third-order valence-corrected chi connectivity index (χ3v) is 2.05. The molecule has 0 aliphatic heterocycles. The van der Waals surface area contributed by atoms with Gasteiger partial charge in [-0.15, -0.1) is 0 Å². The largest absolute Gasteiger partial charge is 0.467 e. The van der Waals surface area contributed by atoms with E-state index in [-0.39, 0.29) is 5.69 Å². The number of rotatable bonds is 4. The minimum Gasteiger partial charge on any atom is -0.467 e. The molecule has 6 nitrogen and oxygen atoms in total. The van der Waals surface area contributed by atoms with Crippen LogP contribution >= 0.6 is 0 Å². The highest BCUT2D eigenvalue weighted by Crippen LogP contribution is 2.18. The normalized spacial score (nSPS) is 10.8. The summed E-state index contributed by atoms with van der Waals surface area (Å²) in [5.74, 6) is 0.718. The van der Waals surface area contributed by atoms with Crippen LogP contribution in [0.1, 0.15) is 5.76 Å². The molecule has 0 N–H and O–H groups in total. The van der Waals surface area contributed by atoms with Crippen LogP contribution in [0.5, 0.6) is 0 Å². The molecule has 0 fully saturated rings. The van der Waals surface area contributed by atoms with E-state index in [0.717, 1.165) is 5.76 Å². The zero-order valence-electron chi connectivity index (χ0n) is 8.81. The van der Waals surface area contributed by atoms with Gasteiger partial charge in [-0.3, -0.25) is 10.1 Å². The van der Waals surface area contributed by atoms with Crippen molar-refractivity contribution in [3.8, 4) is 0 Å². The maximum absolute atomic E-state index is 10.4. The van der Waals surface area contributed by atoms with E-state index in [0.29, 0.717) is 12.2 Å². The average Bonchev–Trinajstić information content (AvgIpc) is 2.83. The van der Waals surface area contributed by atoms with E-state index in [2.05, 4.69) is 10.2 Å². The van der Waals surface area contributed by atoms with Gasteiger partial charge in [0.15, 0.2) is 0 Å². The summed E-state index contributed by atoms with van der Waals surface area (Å²) in [6.07, 6.45) is 1.57. The summed E-state index contributed by atoms with van der Waals surface area (Å²) in [5.41, 5.74) is 0.608. The van der Waals surface area contributed by atoms with Gasteiger partial charge in [0.25, 0.3) is 5.69 Å². The maximum atomic E-state index is 10.4. The van der Waals surface area contributed by atoms with E-state index in [1.165, 1.54) is 12.1 Å². The Bertz CT molecular complexity index is 517. The number of furan rings is 1. The van der Waals surface area contributed by atoms with Gasteiger partial charge < -0.3 is 4.42 Å². The molecule has 2 aromatic rings. The van der Waals surface area contributed by atoms with E-state index in [1.54, 1.807) is 30.5 Å². The molecule has 0 unspecified atom stereocenters. The number of nitrogens with zero attached hydrogens (tertiary/aromatic N) is 3. The Kier molecular flexibility index (Phi) is 3.25. The minimum absolute atomic E-state index is 0.0370. The average molecular weight is 231 g/mol. The summed E-state index contributed by atoms with van der Waals surface area (Å²) >= 11 is 0. The van der Waals surface area contributed by atoms with Crippen molar-refractivity contribution >= 4 is 11.4 Å². The summed E-state index contributed by atoms with van der Waals surface area (Å²) in [6.45, 7) is 0.351. The van der Waals surface area contributed by atoms with Crippen molar-refractivity contribution in [2.75, 3.05) is 0 Å². The summed E-state index contributed by atoms with van der Waals surface area (Å²) in [5, 5.41) is 18.3. The lowest BCUT2D eigenvalue weighted by molar-refractivity contribution is -0.384. The van der Waals surface area contributed by atoms with Crippen LogP contribution in [0.2, 0.25) is 0 Å². The van der Waals surface area contributed by atoms with Gasteiger partial charge in [-0.25, -0.2) is 0 Å². The molecule has 0 atom stereocenters. The van der Waals surface area contributed by atoms with Crippen molar-refractivity contribution < 1.29 is 9.34 Å². The predicted molar refractivity (Wildman–Crippen MR) is 60.0 cm³/mol. The molecule has 0 aliphatic rings. The molecule has 6 heteroatoms. The Hall–Kier alpha value is -2.50. The maximum Gasteiger partial charge on any atom is 0.269 e. The number of hydrogen-bond donors (Lipinski definition) is 0. The molecule has 86 valence electrons. The van der Waals surface area contributed by atoms with Gasteiger partial charge in [0.1, 0.15) is 12.3 Å². The molecule has 17 heavy (non-hydrogen) atoms. The zero-order valence-corrected chi connectivity index (χ0v) is 8.81. The fourth-order valence-electron chi connectivity index (χ4n) is 1.23. The quantitative estimate of drug-likeness (QED) is 0.459. The van der Waals surface area contributed by atoms with E-state index in [9.17, 15) is 10.1 Å². The van der Waals surface area contributed by atoms with Crippen LogP contribution in [0.25, 0.3) is 0 Å². The predicted octanol–water partition coefficient (Wildman–Crippen LogP) is 3.47. The molecular formula is C11H9N3O3. The lowest BCUT2D eigenvalue weighted by Gasteiger charge is -1.92. The minimum atomic E-state index is -0.455. The smallest absolute Gasteiger partial charge is 0.269 e. The van der Waals surface area contributed by atoms with E-state index in [1.807, 2.05) is 0 Å². The monoisotopic (exact) mass is 231 g/mol.